The summed E-state index contributed by atoms with van der Waals surface area (Å²) < 4.78 is 9.28. The van der Waals surface area contributed by atoms with Crippen LogP contribution in [0.25, 0.3) is 0 Å². The predicted molar refractivity (Wildman–Crippen MR) is 117 cm³/mol. The lowest BCUT2D eigenvalue weighted by molar-refractivity contribution is -0.115. The van der Waals surface area contributed by atoms with Gasteiger partial charge in [0.25, 0.3) is 0 Å². The lowest BCUT2D eigenvalue weighted by Crippen LogP contribution is -2.40. The van der Waals surface area contributed by atoms with E-state index in [0.717, 1.165) is 4.57 Å². The SMILES string of the molecule is COc1cccc(O)c1[C@H]1C2=CCn3c(=O)n(C)c(=O)n3[C@@H]2CC2=C1C(=O)C=C(Br)C2=O. The minimum atomic E-state index is -0.816. The fraction of sp³-hybridized carbons (Fsp3) is 0.273. The van der Waals surface area contributed by atoms with E-state index < -0.39 is 23.3 Å². The molecule has 2 atom stereocenters. The fourth-order valence-electron chi connectivity index (χ4n) is 4.92. The van der Waals surface area contributed by atoms with Crippen molar-refractivity contribution in [2.24, 2.45) is 7.05 Å². The average Bonchev–Trinajstić information content (AvgIpc) is 3.00. The predicted octanol–water partition coefficient (Wildman–Crippen LogP) is 1.46. The summed E-state index contributed by atoms with van der Waals surface area (Å²) >= 11 is 3.16. The Bertz CT molecular complexity index is 1430. The number of hydrogen-bond donors (Lipinski definition) is 1. The van der Waals surface area contributed by atoms with E-state index in [4.69, 9.17) is 4.74 Å². The Morgan fingerprint density at radius 3 is 2.62 bits per heavy atom. The van der Waals surface area contributed by atoms with Gasteiger partial charge in [-0.15, -0.1) is 0 Å². The highest BCUT2D eigenvalue weighted by atomic mass is 79.9. The van der Waals surface area contributed by atoms with E-state index in [1.54, 1.807) is 18.2 Å². The molecule has 5 rings (SSSR count). The second kappa shape index (κ2) is 7.06. The number of ketones is 2. The number of nitrogens with zero attached hydrogens (tertiary/aromatic N) is 3. The summed E-state index contributed by atoms with van der Waals surface area (Å²) in [6.07, 6.45) is 3.09. The number of phenols is 1. The average molecular weight is 500 g/mol. The van der Waals surface area contributed by atoms with Crippen molar-refractivity contribution in [3.8, 4) is 11.5 Å². The number of methoxy groups -OCH3 is 1. The van der Waals surface area contributed by atoms with Crippen molar-refractivity contribution in [1.29, 1.82) is 0 Å². The molecule has 0 saturated carbocycles. The highest BCUT2D eigenvalue weighted by Gasteiger charge is 2.46. The number of ether oxygens (including phenoxy) is 1. The Morgan fingerprint density at radius 2 is 1.91 bits per heavy atom. The standard InChI is InChI=1S/C22H18BrN3O6/c1-24-21(30)25-7-6-10-13(26(25)22(24)31)8-11-17(15(28)9-12(23)20(11)29)18(10)19-14(27)4-3-5-16(19)32-2/h3-6,9,13,18,27H,7-8H2,1-2H3/t13-,18+/m1/s1. The summed E-state index contributed by atoms with van der Waals surface area (Å²) in [5.41, 5.74) is 0.518. The smallest absolute Gasteiger partial charge is 0.347 e. The number of rotatable bonds is 2. The van der Waals surface area contributed by atoms with Crippen LogP contribution >= 0.6 is 15.9 Å². The Labute approximate surface area is 189 Å². The minimum absolute atomic E-state index is 0.0739. The highest BCUT2D eigenvalue weighted by molar-refractivity contribution is 9.12. The van der Waals surface area contributed by atoms with Crippen LogP contribution in [0.4, 0.5) is 0 Å². The molecule has 9 nitrogen and oxygen atoms in total. The number of hydrogen-bond acceptors (Lipinski definition) is 6. The number of allylic oxidation sites excluding steroid dienone is 6. The van der Waals surface area contributed by atoms with Crippen LogP contribution in [-0.2, 0) is 23.2 Å². The second-order valence-electron chi connectivity index (χ2n) is 7.88. The molecule has 1 aliphatic heterocycles. The Morgan fingerprint density at radius 1 is 1.16 bits per heavy atom. The van der Waals surface area contributed by atoms with Gasteiger partial charge in [-0.2, -0.15) is 0 Å². The van der Waals surface area contributed by atoms with E-state index in [2.05, 4.69) is 15.9 Å². The van der Waals surface area contributed by atoms with E-state index in [9.17, 15) is 24.3 Å². The van der Waals surface area contributed by atoms with Crippen molar-refractivity contribution >= 4 is 27.5 Å². The molecule has 2 heterocycles. The summed E-state index contributed by atoms with van der Waals surface area (Å²) in [5, 5.41) is 10.8. The largest absolute Gasteiger partial charge is 0.507 e. The van der Waals surface area contributed by atoms with E-state index in [0.29, 0.717) is 16.9 Å². The number of phenolic OH excluding ortho intramolecular Hbond substituents is 1. The van der Waals surface area contributed by atoms with E-state index >= 15 is 0 Å². The topological polar surface area (TPSA) is 113 Å². The summed E-state index contributed by atoms with van der Waals surface area (Å²) in [6, 6.07) is 4.09. The van der Waals surface area contributed by atoms with Gasteiger partial charge in [-0.05, 0) is 33.6 Å². The number of carbonyl (C=O) groups excluding carboxylic acids is 2. The Balaban J connectivity index is 1.84. The van der Waals surface area contributed by atoms with Crippen molar-refractivity contribution < 1.29 is 19.4 Å². The van der Waals surface area contributed by atoms with Gasteiger partial charge in [-0.25, -0.2) is 23.5 Å². The normalized spacial score (nSPS) is 22.1. The molecule has 0 bridgehead atoms. The molecule has 164 valence electrons. The van der Waals surface area contributed by atoms with Crippen molar-refractivity contribution in [3.05, 3.63) is 78.1 Å². The van der Waals surface area contributed by atoms with Crippen molar-refractivity contribution in [3.63, 3.8) is 0 Å². The maximum atomic E-state index is 13.1. The Kier molecular flexibility index (Phi) is 4.52. The van der Waals surface area contributed by atoms with Gasteiger partial charge < -0.3 is 9.84 Å². The van der Waals surface area contributed by atoms with Gasteiger partial charge in [0.2, 0.25) is 0 Å². The highest BCUT2D eigenvalue weighted by Crippen LogP contribution is 2.53. The number of aromatic nitrogens is 3. The van der Waals surface area contributed by atoms with Crippen LogP contribution in [0.5, 0.6) is 11.5 Å². The lowest BCUT2D eigenvalue weighted by Gasteiger charge is -2.39. The summed E-state index contributed by atoms with van der Waals surface area (Å²) in [6.45, 7) is 0.122. The van der Waals surface area contributed by atoms with E-state index in [1.807, 2.05) is 0 Å². The molecule has 0 radical (unpaired) electrons. The molecule has 2 aliphatic carbocycles. The molecule has 1 aromatic carbocycles. The van der Waals surface area contributed by atoms with Crippen molar-refractivity contribution in [1.82, 2.24) is 13.9 Å². The first-order chi connectivity index (χ1) is 15.3. The summed E-state index contributed by atoms with van der Waals surface area (Å²) in [4.78, 5) is 51.6. The second-order valence-corrected chi connectivity index (χ2v) is 8.73. The maximum Gasteiger partial charge on any atom is 0.347 e. The molecule has 0 amide bonds. The van der Waals surface area contributed by atoms with Gasteiger partial charge in [0.1, 0.15) is 11.5 Å². The van der Waals surface area contributed by atoms with Gasteiger partial charge in [0.15, 0.2) is 11.6 Å². The fourth-order valence-corrected chi connectivity index (χ4v) is 5.37. The molecule has 0 unspecified atom stereocenters. The zero-order chi connectivity index (χ0) is 22.9. The van der Waals surface area contributed by atoms with Gasteiger partial charge in [0, 0.05) is 42.2 Å². The number of benzene rings is 1. The number of Topliss-reactive ketones (excluding diaryl/α,β-unsaturated/α-hetero) is 1. The van der Waals surface area contributed by atoms with Crippen LogP contribution in [0, 0.1) is 0 Å². The van der Waals surface area contributed by atoms with Crippen LogP contribution in [-0.4, -0.2) is 37.7 Å². The first-order valence-electron chi connectivity index (χ1n) is 9.89. The third kappa shape index (κ3) is 2.62. The van der Waals surface area contributed by atoms with Crippen LogP contribution in [0.3, 0.4) is 0 Å². The molecule has 1 aromatic heterocycles. The third-order valence-corrected chi connectivity index (χ3v) is 6.93. The molecule has 0 fully saturated rings. The molecule has 0 spiro atoms. The summed E-state index contributed by atoms with van der Waals surface area (Å²) in [5.74, 6) is -1.28. The minimum Gasteiger partial charge on any atom is -0.507 e. The van der Waals surface area contributed by atoms with E-state index in [1.165, 1.54) is 35.7 Å². The van der Waals surface area contributed by atoms with Gasteiger partial charge in [0.05, 0.1) is 24.2 Å². The molecular formula is C22H18BrN3O6. The molecule has 0 saturated heterocycles. The molecule has 32 heavy (non-hydrogen) atoms. The van der Waals surface area contributed by atoms with Crippen molar-refractivity contribution in [2.45, 2.75) is 24.9 Å². The molecular weight excluding hydrogens is 482 g/mol. The number of aromatic hydroxyl groups is 1. The maximum absolute atomic E-state index is 13.1. The zero-order valence-corrected chi connectivity index (χ0v) is 18.7. The first kappa shape index (κ1) is 20.5. The van der Waals surface area contributed by atoms with Crippen LogP contribution in [0.2, 0.25) is 0 Å². The third-order valence-electron chi connectivity index (χ3n) is 6.34. The molecule has 10 heteroatoms. The molecule has 3 aliphatic rings. The first-order valence-corrected chi connectivity index (χ1v) is 10.7. The molecule has 1 N–H and O–H groups in total. The van der Waals surface area contributed by atoms with Gasteiger partial charge >= 0.3 is 11.4 Å². The van der Waals surface area contributed by atoms with Crippen LogP contribution in [0.1, 0.15) is 23.9 Å². The van der Waals surface area contributed by atoms with E-state index in [-0.39, 0.29) is 45.9 Å². The quantitative estimate of drug-likeness (QED) is 0.494. The summed E-state index contributed by atoms with van der Waals surface area (Å²) in [7, 11) is 2.85. The Hall–Kier alpha value is -3.40. The number of carbonyl (C=O) groups is 2. The lowest BCUT2D eigenvalue weighted by atomic mass is 9.68. The number of halogens is 1. The van der Waals surface area contributed by atoms with Gasteiger partial charge in [-0.3, -0.25) is 9.59 Å². The van der Waals surface area contributed by atoms with Crippen molar-refractivity contribution in [2.75, 3.05) is 7.11 Å². The monoisotopic (exact) mass is 499 g/mol. The zero-order valence-electron chi connectivity index (χ0n) is 17.2. The number of fused-ring (bicyclic) bond motifs is 3. The van der Waals surface area contributed by atoms with Crippen LogP contribution < -0.4 is 16.1 Å². The van der Waals surface area contributed by atoms with Crippen LogP contribution in [0.15, 0.2) is 61.1 Å². The van der Waals surface area contributed by atoms with Gasteiger partial charge in [-0.1, -0.05) is 12.1 Å². The molecule has 2 aromatic rings.